The van der Waals surface area contributed by atoms with Gasteiger partial charge in [-0.25, -0.2) is 4.99 Å². The van der Waals surface area contributed by atoms with Crippen LogP contribution in [0.1, 0.15) is 48.4 Å². The SMILES string of the molecule is CC1=CC(C)=NC(=O)C1CNC(=O)c1c(C)n(C(C)c2cccc(Br)c2)c2ccccc12. The van der Waals surface area contributed by atoms with Crippen molar-refractivity contribution in [2.75, 3.05) is 6.54 Å². The van der Waals surface area contributed by atoms with Crippen molar-refractivity contribution in [1.82, 2.24) is 9.88 Å². The molecule has 0 radical (unpaired) electrons. The molecule has 0 bridgehead atoms. The number of carbonyl (C=O) groups is 2. The topological polar surface area (TPSA) is 63.5 Å². The van der Waals surface area contributed by atoms with Crippen LogP contribution in [0.15, 0.2) is 69.6 Å². The van der Waals surface area contributed by atoms with Crippen molar-refractivity contribution in [3.8, 4) is 0 Å². The Hall–Kier alpha value is -2.99. The van der Waals surface area contributed by atoms with Crippen molar-refractivity contribution in [2.24, 2.45) is 10.9 Å². The number of nitrogens with zero attached hydrogens (tertiary/aromatic N) is 2. The van der Waals surface area contributed by atoms with Crippen molar-refractivity contribution in [2.45, 2.75) is 33.7 Å². The van der Waals surface area contributed by atoms with Crippen molar-refractivity contribution in [1.29, 1.82) is 0 Å². The van der Waals surface area contributed by atoms with E-state index >= 15 is 0 Å². The maximum absolute atomic E-state index is 13.3. The molecule has 32 heavy (non-hydrogen) atoms. The zero-order valence-electron chi connectivity index (χ0n) is 18.6. The minimum atomic E-state index is -0.420. The molecular formula is C26H26BrN3O2. The third kappa shape index (κ3) is 4.07. The van der Waals surface area contributed by atoms with Gasteiger partial charge in [-0.15, -0.1) is 0 Å². The Balaban J connectivity index is 1.68. The monoisotopic (exact) mass is 491 g/mol. The van der Waals surface area contributed by atoms with E-state index in [4.69, 9.17) is 0 Å². The number of allylic oxidation sites excluding steroid dienone is 1. The first-order valence-corrected chi connectivity index (χ1v) is 11.5. The molecule has 6 heteroatoms. The number of aromatic nitrogens is 1. The van der Waals surface area contributed by atoms with Gasteiger partial charge >= 0.3 is 0 Å². The van der Waals surface area contributed by atoms with Crippen molar-refractivity contribution < 1.29 is 9.59 Å². The second kappa shape index (κ2) is 8.87. The molecule has 0 saturated heterocycles. The first-order chi connectivity index (χ1) is 15.3. The van der Waals surface area contributed by atoms with E-state index in [9.17, 15) is 9.59 Å². The van der Waals surface area contributed by atoms with Crippen LogP contribution in [0.3, 0.4) is 0 Å². The third-order valence-electron chi connectivity index (χ3n) is 6.14. The van der Waals surface area contributed by atoms with Gasteiger partial charge in [0, 0.05) is 33.3 Å². The zero-order chi connectivity index (χ0) is 23.0. The molecular weight excluding hydrogens is 466 g/mol. The highest BCUT2D eigenvalue weighted by Gasteiger charge is 2.27. The van der Waals surface area contributed by atoms with Crippen molar-refractivity contribution >= 4 is 44.4 Å². The van der Waals surface area contributed by atoms with Crippen molar-refractivity contribution in [3.05, 3.63) is 81.5 Å². The number of aliphatic imine (C=N–C) groups is 1. The Bertz CT molecular complexity index is 1290. The summed E-state index contributed by atoms with van der Waals surface area (Å²) in [6.45, 7) is 8.06. The number of fused-ring (bicyclic) bond motifs is 1. The summed E-state index contributed by atoms with van der Waals surface area (Å²) in [5, 5.41) is 3.89. The van der Waals surface area contributed by atoms with E-state index < -0.39 is 5.92 Å². The van der Waals surface area contributed by atoms with E-state index in [1.165, 1.54) is 0 Å². The third-order valence-corrected chi connectivity index (χ3v) is 6.63. The zero-order valence-corrected chi connectivity index (χ0v) is 20.2. The fourth-order valence-electron chi connectivity index (χ4n) is 4.53. The number of halogens is 1. The molecule has 2 aromatic carbocycles. The van der Waals surface area contributed by atoms with Crippen molar-refractivity contribution in [3.63, 3.8) is 0 Å². The summed E-state index contributed by atoms with van der Waals surface area (Å²) in [5.41, 5.74) is 5.32. The second-order valence-corrected chi connectivity index (χ2v) is 9.24. The Labute approximate surface area is 196 Å². The van der Waals surface area contributed by atoms with E-state index in [-0.39, 0.29) is 24.4 Å². The fourth-order valence-corrected chi connectivity index (χ4v) is 4.95. The smallest absolute Gasteiger partial charge is 0.254 e. The van der Waals surface area contributed by atoms with Gasteiger partial charge in [0.05, 0.1) is 17.5 Å². The second-order valence-electron chi connectivity index (χ2n) is 8.32. The molecule has 164 valence electrons. The predicted molar refractivity (Wildman–Crippen MR) is 132 cm³/mol. The number of benzene rings is 2. The number of hydrogen-bond acceptors (Lipinski definition) is 2. The van der Waals surface area contributed by atoms with Crippen LogP contribution >= 0.6 is 15.9 Å². The van der Waals surface area contributed by atoms with Crippen LogP contribution in [0.5, 0.6) is 0 Å². The highest BCUT2D eigenvalue weighted by atomic mass is 79.9. The molecule has 3 aromatic rings. The summed E-state index contributed by atoms with van der Waals surface area (Å²) in [6, 6.07) is 16.2. The minimum Gasteiger partial charge on any atom is -0.351 e. The molecule has 0 aliphatic carbocycles. The number of amides is 2. The van der Waals surface area contributed by atoms with Crippen LogP contribution in [-0.2, 0) is 4.79 Å². The molecule has 2 atom stereocenters. The molecule has 0 spiro atoms. The molecule has 2 amide bonds. The number of dihydropyridines is 1. The first-order valence-electron chi connectivity index (χ1n) is 10.7. The summed E-state index contributed by atoms with van der Waals surface area (Å²) in [6.07, 6.45) is 1.90. The first kappa shape index (κ1) is 22.2. The van der Waals surface area contributed by atoms with Crippen LogP contribution in [0.25, 0.3) is 10.9 Å². The lowest BCUT2D eigenvalue weighted by atomic mass is 9.95. The van der Waals surface area contributed by atoms with Gasteiger partial charge in [0.1, 0.15) is 0 Å². The largest absolute Gasteiger partial charge is 0.351 e. The van der Waals surface area contributed by atoms with Gasteiger partial charge in [-0.2, -0.15) is 0 Å². The summed E-state index contributed by atoms with van der Waals surface area (Å²) >= 11 is 3.56. The van der Waals surface area contributed by atoms with Crippen LogP contribution in [0.2, 0.25) is 0 Å². The standard InChI is InChI=1S/C26H26BrN3O2/c1-15-12-16(2)29-25(31)22(15)14-28-26(32)24-18(4)30(23-11-6-5-10-21(23)24)17(3)19-8-7-9-20(27)13-19/h5-13,17,22H,14H2,1-4H3,(H,28,32). The normalized spacial score (nSPS) is 17.2. The number of para-hydroxylation sites is 1. The lowest BCUT2D eigenvalue weighted by molar-refractivity contribution is -0.120. The van der Waals surface area contributed by atoms with Gasteiger partial charge < -0.3 is 9.88 Å². The molecule has 4 rings (SSSR count). The number of hydrogen-bond donors (Lipinski definition) is 1. The predicted octanol–water partition coefficient (Wildman–Crippen LogP) is 5.61. The average Bonchev–Trinajstić information content (AvgIpc) is 3.04. The summed E-state index contributed by atoms with van der Waals surface area (Å²) < 4.78 is 3.23. The van der Waals surface area contributed by atoms with E-state index in [2.05, 4.69) is 49.9 Å². The Morgan fingerprint density at radius 1 is 1.16 bits per heavy atom. The average molecular weight is 492 g/mol. The molecule has 1 N–H and O–H groups in total. The Kier molecular flexibility index (Phi) is 6.15. The maximum atomic E-state index is 13.3. The van der Waals surface area contributed by atoms with Crippen LogP contribution in [-0.4, -0.2) is 28.6 Å². The summed E-state index contributed by atoms with van der Waals surface area (Å²) in [7, 11) is 0. The van der Waals surface area contributed by atoms with Gasteiger partial charge in [-0.1, -0.05) is 51.8 Å². The van der Waals surface area contributed by atoms with Gasteiger partial charge in [0.2, 0.25) is 0 Å². The molecule has 2 heterocycles. The number of carbonyl (C=O) groups excluding carboxylic acids is 2. The Morgan fingerprint density at radius 3 is 2.62 bits per heavy atom. The van der Waals surface area contributed by atoms with Gasteiger partial charge in [0.15, 0.2) is 0 Å². The lowest BCUT2D eigenvalue weighted by Gasteiger charge is -2.20. The fraction of sp³-hybridized carbons (Fsp3) is 0.269. The van der Waals surface area contributed by atoms with Gasteiger partial charge in [0.25, 0.3) is 11.8 Å². The summed E-state index contributed by atoms with van der Waals surface area (Å²) in [4.78, 5) is 29.7. The quantitative estimate of drug-likeness (QED) is 0.503. The number of rotatable bonds is 5. The van der Waals surface area contributed by atoms with E-state index in [1.807, 2.05) is 56.3 Å². The van der Waals surface area contributed by atoms with E-state index in [1.54, 1.807) is 6.92 Å². The molecule has 0 saturated carbocycles. The minimum absolute atomic E-state index is 0.0429. The molecule has 5 nitrogen and oxygen atoms in total. The summed E-state index contributed by atoms with van der Waals surface area (Å²) in [5.74, 6) is -0.798. The van der Waals surface area contributed by atoms with E-state index in [0.717, 1.165) is 32.2 Å². The maximum Gasteiger partial charge on any atom is 0.254 e. The van der Waals surface area contributed by atoms with E-state index in [0.29, 0.717) is 11.3 Å². The Morgan fingerprint density at radius 2 is 1.91 bits per heavy atom. The molecule has 2 unspecified atom stereocenters. The van der Waals surface area contributed by atoms with Gasteiger partial charge in [-0.05, 0) is 57.5 Å². The van der Waals surface area contributed by atoms with Gasteiger partial charge in [-0.3, -0.25) is 9.59 Å². The molecule has 1 aliphatic rings. The van der Waals surface area contributed by atoms with Crippen LogP contribution in [0.4, 0.5) is 0 Å². The molecule has 1 aliphatic heterocycles. The molecule has 0 fully saturated rings. The highest BCUT2D eigenvalue weighted by molar-refractivity contribution is 9.10. The number of nitrogens with one attached hydrogen (secondary N) is 1. The lowest BCUT2D eigenvalue weighted by Crippen LogP contribution is -2.35. The van der Waals surface area contributed by atoms with Crippen LogP contribution in [0, 0.1) is 12.8 Å². The highest BCUT2D eigenvalue weighted by Crippen LogP contribution is 2.32. The molecule has 1 aromatic heterocycles. The van der Waals surface area contributed by atoms with Crippen LogP contribution < -0.4 is 5.32 Å².